The summed E-state index contributed by atoms with van der Waals surface area (Å²) in [6, 6.07) is 0. The van der Waals surface area contributed by atoms with Crippen LogP contribution >= 0.6 is 12.6 Å². The normalized spacial score (nSPS) is 10.2. The molecule has 0 aliphatic carbocycles. The van der Waals surface area contributed by atoms with Crippen LogP contribution in [0.2, 0.25) is 0 Å². The molecule has 0 unspecified atom stereocenters. The number of rotatable bonds is 4. The van der Waals surface area contributed by atoms with Crippen LogP contribution in [0.5, 0.6) is 0 Å². The summed E-state index contributed by atoms with van der Waals surface area (Å²) >= 11 is 4.07. The Bertz CT molecular complexity index is 369. The van der Waals surface area contributed by atoms with Gasteiger partial charge in [0.25, 0.3) is 5.56 Å². The fourth-order valence-corrected chi connectivity index (χ4v) is 1.27. The maximum Gasteiger partial charge on any atom is 0.325 e. The summed E-state index contributed by atoms with van der Waals surface area (Å²) in [5, 5.41) is 0. The van der Waals surface area contributed by atoms with Crippen molar-refractivity contribution in [2.24, 2.45) is 0 Å². The molecule has 72 valence electrons. The van der Waals surface area contributed by atoms with Crippen LogP contribution in [0.25, 0.3) is 0 Å². The number of aromatic nitrogens is 2. The summed E-state index contributed by atoms with van der Waals surface area (Å²) < 4.78 is 0. The molecule has 13 heavy (non-hydrogen) atoms. The zero-order chi connectivity index (χ0) is 9.68. The number of aromatic amines is 2. The van der Waals surface area contributed by atoms with Crippen LogP contribution in [0.1, 0.15) is 18.4 Å². The molecule has 0 bridgehead atoms. The van der Waals surface area contributed by atoms with Gasteiger partial charge in [-0.15, -0.1) is 0 Å². The number of H-pyrrole nitrogens is 2. The third-order valence-corrected chi connectivity index (χ3v) is 2.07. The van der Waals surface area contributed by atoms with Crippen molar-refractivity contribution in [1.82, 2.24) is 9.97 Å². The van der Waals surface area contributed by atoms with Crippen LogP contribution < -0.4 is 11.2 Å². The van der Waals surface area contributed by atoms with E-state index in [2.05, 4.69) is 22.6 Å². The quantitative estimate of drug-likeness (QED) is 0.484. The van der Waals surface area contributed by atoms with Crippen molar-refractivity contribution < 1.29 is 0 Å². The van der Waals surface area contributed by atoms with E-state index >= 15 is 0 Å². The van der Waals surface area contributed by atoms with E-state index in [0.29, 0.717) is 12.0 Å². The third kappa shape index (κ3) is 3.10. The van der Waals surface area contributed by atoms with E-state index < -0.39 is 5.69 Å². The van der Waals surface area contributed by atoms with Crippen molar-refractivity contribution in [2.45, 2.75) is 19.3 Å². The fraction of sp³-hybridized carbons (Fsp3) is 0.500. The lowest BCUT2D eigenvalue weighted by atomic mass is 10.1. The number of thiol groups is 1. The molecule has 0 aromatic carbocycles. The Balaban J connectivity index is 2.67. The molecule has 1 heterocycles. The minimum absolute atomic E-state index is 0.289. The van der Waals surface area contributed by atoms with E-state index in [1.165, 1.54) is 6.20 Å². The van der Waals surface area contributed by atoms with Crippen LogP contribution in [-0.4, -0.2) is 15.7 Å². The maximum atomic E-state index is 11.1. The molecule has 0 spiro atoms. The fourth-order valence-electron chi connectivity index (χ4n) is 1.05. The van der Waals surface area contributed by atoms with Gasteiger partial charge in [-0.25, -0.2) is 4.79 Å². The standard InChI is InChI=1S/C8H12N2O2S/c11-7-6(3-1-2-4-13)5-9-8(12)10-7/h5,13H,1-4H2,(H2,9,10,11,12). The topological polar surface area (TPSA) is 65.7 Å². The van der Waals surface area contributed by atoms with E-state index in [1.807, 2.05) is 0 Å². The van der Waals surface area contributed by atoms with Gasteiger partial charge in [-0.05, 0) is 25.0 Å². The van der Waals surface area contributed by atoms with Crippen LogP contribution in [-0.2, 0) is 6.42 Å². The predicted molar refractivity (Wildman–Crippen MR) is 54.5 cm³/mol. The van der Waals surface area contributed by atoms with Gasteiger partial charge in [0.1, 0.15) is 0 Å². The summed E-state index contributed by atoms with van der Waals surface area (Å²) in [6.45, 7) is 0. The second-order valence-corrected chi connectivity index (χ2v) is 3.23. The summed E-state index contributed by atoms with van der Waals surface area (Å²) in [4.78, 5) is 26.4. The number of aryl methyl sites for hydroxylation is 1. The predicted octanol–water partition coefficient (Wildman–Crippen LogP) is 0.316. The lowest BCUT2D eigenvalue weighted by Gasteiger charge is -1.97. The molecule has 0 saturated carbocycles. The average molecular weight is 200 g/mol. The maximum absolute atomic E-state index is 11.1. The van der Waals surface area contributed by atoms with Crippen molar-refractivity contribution in [1.29, 1.82) is 0 Å². The van der Waals surface area contributed by atoms with E-state index in [0.717, 1.165) is 18.6 Å². The van der Waals surface area contributed by atoms with Crippen LogP contribution in [0, 0.1) is 0 Å². The van der Waals surface area contributed by atoms with Gasteiger partial charge in [-0.2, -0.15) is 12.6 Å². The Labute approximate surface area is 80.8 Å². The molecule has 0 saturated heterocycles. The Morgan fingerprint density at radius 3 is 2.69 bits per heavy atom. The molecule has 1 aromatic rings. The molecule has 4 nitrogen and oxygen atoms in total. The first-order chi connectivity index (χ1) is 6.24. The molecule has 2 N–H and O–H groups in total. The second kappa shape index (κ2) is 4.91. The summed E-state index contributed by atoms with van der Waals surface area (Å²) in [5.41, 5.74) is -0.118. The Kier molecular flexibility index (Phi) is 3.82. The van der Waals surface area contributed by atoms with Gasteiger partial charge in [0.05, 0.1) is 0 Å². The highest BCUT2D eigenvalue weighted by Gasteiger charge is 1.98. The highest BCUT2D eigenvalue weighted by Crippen LogP contribution is 1.98. The number of nitrogens with one attached hydrogen (secondary N) is 2. The number of hydrogen-bond acceptors (Lipinski definition) is 3. The molecule has 1 rings (SSSR count). The van der Waals surface area contributed by atoms with Gasteiger partial charge in [-0.1, -0.05) is 0 Å². The summed E-state index contributed by atoms with van der Waals surface area (Å²) in [6.07, 6.45) is 4.05. The van der Waals surface area contributed by atoms with Crippen LogP contribution in [0.3, 0.4) is 0 Å². The lowest BCUT2D eigenvalue weighted by molar-refractivity contribution is 0.785. The average Bonchev–Trinajstić information content (AvgIpc) is 2.09. The van der Waals surface area contributed by atoms with E-state index in [9.17, 15) is 9.59 Å². The second-order valence-electron chi connectivity index (χ2n) is 2.78. The van der Waals surface area contributed by atoms with Gasteiger partial charge in [0, 0.05) is 11.8 Å². The smallest absolute Gasteiger partial charge is 0.314 e. The van der Waals surface area contributed by atoms with Crippen molar-refractivity contribution in [3.05, 3.63) is 32.6 Å². The van der Waals surface area contributed by atoms with E-state index in [4.69, 9.17) is 0 Å². The minimum Gasteiger partial charge on any atom is -0.314 e. The molecule has 0 aliphatic heterocycles. The number of unbranched alkanes of at least 4 members (excludes halogenated alkanes) is 1. The minimum atomic E-state index is -0.456. The van der Waals surface area contributed by atoms with Crippen molar-refractivity contribution >= 4 is 12.6 Å². The molecular formula is C8H12N2O2S. The molecule has 0 aliphatic rings. The van der Waals surface area contributed by atoms with Gasteiger partial charge in [0.15, 0.2) is 0 Å². The monoisotopic (exact) mass is 200 g/mol. The molecule has 0 amide bonds. The summed E-state index contributed by atoms with van der Waals surface area (Å²) in [7, 11) is 0. The first kappa shape index (κ1) is 10.1. The van der Waals surface area contributed by atoms with Gasteiger partial charge in [0.2, 0.25) is 0 Å². The molecule has 0 fully saturated rings. The highest BCUT2D eigenvalue weighted by molar-refractivity contribution is 7.80. The number of hydrogen-bond donors (Lipinski definition) is 3. The molecule has 5 heteroatoms. The van der Waals surface area contributed by atoms with Crippen LogP contribution in [0.15, 0.2) is 15.8 Å². The van der Waals surface area contributed by atoms with Gasteiger partial charge in [-0.3, -0.25) is 9.78 Å². The SMILES string of the molecule is O=c1[nH]cc(CCCCS)c(=O)[nH]1. The van der Waals surface area contributed by atoms with E-state index in [1.54, 1.807) is 0 Å². The molecular weight excluding hydrogens is 188 g/mol. The molecule has 1 aromatic heterocycles. The van der Waals surface area contributed by atoms with Crippen LogP contribution in [0.4, 0.5) is 0 Å². The first-order valence-electron chi connectivity index (χ1n) is 4.16. The van der Waals surface area contributed by atoms with Crippen molar-refractivity contribution in [3.8, 4) is 0 Å². The highest BCUT2D eigenvalue weighted by atomic mass is 32.1. The zero-order valence-corrected chi connectivity index (χ0v) is 8.06. The van der Waals surface area contributed by atoms with Gasteiger partial charge < -0.3 is 4.98 Å². The van der Waals surface area contributed by atoms with Gasteiger partial charge >= 0.3 is 5.69 Å². The molecule has 0 atom stereocenters. The molecule has 0 radical (unpaired) electrons. The Morgan fingerprint density at radius 2 is 2.08 bits per heavy atom. The lowest BCUT2D eigenvalue weighted by Crippen LogP contribution is -2.24. The largest absolute Gasteiger partial charge is 0.325 e. The first-order valence-corrected chi connectivity index (χ1v) is 4.79. The van der Waals surface area contributed by atoms with E-state index in [-0.39, 0.29) is 5.56 Å². The summed E-state index contributed by atoms with van der Waals surface area (Å²) in [5.74, 6) is 0.821. The third-order valence-electron chi connectivity index (χ3n) is 1.75. The van der Waals surface area contributed by atoms with Crippen molar-refractivity contribution in [2.75, 3.05) is 5.75 Å². The zero-order valence-electron chi connectivity index (χ0n) is 7.17. The Hall–Kier alpha value is -0.970. The Morgan fingerprint density at radius 1 is 1.31 bits per heavy atom. The van der Waals surface area contributed by atoms with Crippen molar-refractivity contribution in [3.63, 3.8) is 0 Å².